The first kappa shape index (κ1) is 19.7. The second-order valence-electron chi connectivity index (χ2n) is 6.01. The molecule has 0 saturated carbocycles. The first-order valence-electron chi connectivity index (χ1n) is 8.35. The van der Waals surface area contributed by atoms with Crippen LogP contribution in [0.1, 0.15) is 26.3 Å². The molecule has 0 saturated heterocycles. The number of amides is 1. The number of carboxylic acid groups (broad SMARTS) is 1. The molecule has 142 valence electrons. The van der Waals surface area contributed by atoms with Gasteiger partial charge < -0.3 is 15.7 Å². The van der Waals surface area contributed by atoms with Gasteiger partial charge in [0.2, 0.25) is 0 Å². The lowest BCUT2D eigenvalue weighted by Crippen LogP contribution is -2.15. The molecule has 0 aromatic heterocycles. The maximum atomic E-state index is 12.7. The van der Waals surface area contributed by atoms with Crippen LogP contribution in [0.25, 0.3) is 0 Å². The van der Waals surface area contributed by atoms with E-state index >= 15 is 0 Å². The number of anilines is 2. The predicted octanol–water partition coefficient (Wildman–Crippen LogP) is 5.56. The molecule has 1 amide bonds. The predicted molar refractivity (Wildman–Crippen MR) is 112 cm³/mol. The molecule has 0 radical (unpaired) electrons. The zero-order chi connectivity index (χ0) is 20.1. The second-order valence-corrected chi connectivity index (χ2v) is 6.88. The number of hydrogen-bond donors (Lipinski definition) is 3. The molecule has 0 atom stereocenters. The summed E-state index contributed by atoms with van der Waals surface area (Å²) in [5.74, 6) is -1.38. The minimum absolute atomic E-state index is 0.145. The van der Waals surface area contributed by atoms with Crippen LogP contribution in [0.2, 0.25) is 10.0 Å². The Balaban J connectivity index is 1.76. The van der Waals surface area contributed by atoms with Crippen molar-refractivity contribution in [2.75, 3.05) is 10.6 Å². The average molecular weight is 415 g/mol. The summed E-state index contributed by atoms with van der Waals surface area (Å²) in [7, 11) is 0. The first-order chi connectivity index (χ1) is 13.4. The third kappa shape index (κ3) is 5.03. The fourth-order valence-corrected chi connectivity index (χ4v) is 2.85. The number of nitrogens with one attached hydrogen (secondary N) is 2. The Hall–Kier alpha value is -3.02. The van der Waals surface area contributed by atoms with Crippen molar-refractivity contribution in [3.05, 3.63) is 93.5 Å². The molecule has 5 nitrogen and oxygen atoms in total. The van der Waals surface area contributed by atoms with Crippen LogP contribution in [0, 0.1) is 0 Å². The highest BCUT2D eigenvalue weighted by atomic mass is 35.5. The lowest BCUT2D eigenvalue weighted by Gasteiger charge is -2.13. The smallest absolute Gasteiger partial charge is 0.335 e. The number of hydrogen-bond acceptors (Lipinski definition) is 3. The number of carboxylic acids is 1. The Morgan fingerprint density at radius 1 is 0.857 bits per heavy atom. The molecule has 0 bridgehead atoms. The fourth-order valence-electron chi connectivity index (χ4n) is 2.55. The van der Waals surface area contributed by atoms with E-state index in [4.69, 9.17) is 28.3 Å². The maximum Gasteiger partial charge on any atom is 0.335 e. The summed E-state index contributed by atoms with van der Waals surface area (Å²) in [5.41, 5.74) is 2.64. The average Bonchev–Trinajstić information content (AvgIpc) is 2.68. The van der Waals surface area contributed by atoms with Crippen molar-refractivity contribution in [2.45, 2.75) is 6.54 Å². The van der Waals surface area contributed by atoms with E-state index in [1.165, 1.54) is 24.3 Å². The molecule has 3 rings (SSSR count). The van der Waals surface area contributed by atoms with Gasteiger partial charge in [0.15, 0.2) is 0 Å². The van der Waals surface area contributed by atoms with Crippen molar-refractivity contribution < 1.29 is 14.7 Å². The molecule has 0 heterocycles. The van der Waals surface area contributed by atoms with E-state index in [-0.39, 0.29) is 11.5 Å². The summed E-state index contributed by atoms with van der Waals surface area (Å²) in [6.07, 6.45) is 0. The Kier molecular flexibility index (Phi) is 6.19. The fraction of sp³-hybridized carbons (Fsp3) is 0.0476. The van der Waals surface area contributed by atoms with Crippen molar-refractivity contribution in [2.24, 2.45) is 0 Å². The van der Waals surface area contributed by atoms with Crippen LogP contribution in [0.5, 0.6) is 0 Å². The van der Waals surface area contributed by atoms with Crippen molar-refractivity contribution in [3.63, 3.8) is 0 Å². The van der Waals surface area contributed by atoms with Gasteiger partial charge >= 0.3 is 5.97 Å². The number of aromatic carboxylic acids is 1. The maximum absolute atomic E-state index is 12.7. The zero-order valence-electron chi connectivity index (χ0n) is 14.6. The van der Waals surface area contributed by atoms with Gasteiger partial charge in [0, 0.05) is 28.0 Å². The van der Waals surface area contributed by atoms with Crippen LogP contribution in [-0.4, -0.2) is 17.0 Å². The van der Waals surface area contributed by atoms with Crippen LogP contribution in [0.15, 0.2) is 66.7 Å². The highest BCUT2D eigenvalue weighted by Crippen LogP contribution is 2.23. The summed E-state index contributed by atoms with van der Waals surface area (Å²) in [6, 6.07) is 18.3. The third-order valence-corrected chi connectivity index (χ3v) is 4.50. The standard InChI is InChI=1S/C21H16Cl2N2O3/c22-15-5-1-13(2-6-15)12-24-19-10-7-16(23)11-18(19)20(26)25-17-8-3-14(4-9-17)21(27)28/h1-11,24H,12H2,(H,25,26)(H,27,28). The van der Waals surface area contributed by atoms with Crippen molar-refractivity contribution in [1.82, 2.24) is 0 Å². The second kappa shape index (κ2) is 8.78. The molecule has 7 heteroatoms. The zero-order valence-corrected chi connectivity index (χ0v) is 16.1. The normalized spacial score (nSPS) is 10.4. The Morgan fingerprint density at radius 2 is 1.50 bits per heavy atom. The van der Waals surface area contributed by atoms with Gasteiger partial charge in [-0.1, -0.05) is 35.3 Å². The Morgan fingerprint density at radius 3 is 2.14 bits per heavy atom. The number of carbonyl (C=O) groups excluding carboxylic acids is 1. The van der Waals surface area contributed by atoms with E-state index in [0.717, 1.165) is 5.56 Å². The largest absolute Gasteiger partial charge is 0.478 e. The molecule has 0 spiro atoms. The molecule has 0 aliphatic heterocycles. The van der Waals surface area contributed by atoms with Gasteiger partial charge in [-0.2, -0.15) is 0 Å². The van der Waals surface area contributed by atoms with Gasteiger partial charge in [-0.3, -0.25) is 4.79 Å². The highest BCUT2D eigenvalue weighted by Gasteiger charge is 2.13. The third-order valence-electron chi connectivity index (χ3n) is 4.01. The Bertz CT molecular complexity index is 1000. The van der Waals surface area contributed by atoms with E-state index in [0.29, 0.717) is 33.5 Å². The molecule has 28 heavy (non-hydrogen) atoms. The molecule has 3 aromatic rings. The van der Waals surface area contributed by atoms with Gasteiger partial charge in [-0.25, -0.2) is 4.79 Å². The summed E-state index contributed by atoms with van der Waals surface area (Å²) in [6.45, 7) is 0.506. The van der Waals surface area contributed by atoms with Crippen LogP contribution in [0.3, 0.4) is 0 Å². The molecular formula is C21H16Cl2N2O3. The van der Waals surface area contributed by atoms with Crippen LogP contribution in [0.4, 0.5) is 11.4 Å². The molecule has 3 N–H and O–H groups in total. The van der Waals surface area contributed by atoms with Crippen molar-refractivity contribution >= 4 is 46.5 Å². The van der Waals surface area contributed by atoms with E-state index in [9.17, 15) is 9.59 Å². The van der Waals surface area contributed by atoms with Crippen molar-refractivity contribution in [3.8, 4) is 0 Å². The SMILES string of the molecule is O=C(O)c1ccc(NC(=O)c2cc(Cl)ccc2NCc2ccc(Cl)cc2)cc1. The summed E-state index contributed by atoms with van der Waals surface area (Å²) in [5, 5.41) is 16.0. The van der Waals surface area contributed by atoms with E-state index in [1.807, 2.05) is 12.1 Å². The van der Waals surface area contributed by atoms with Crippen LogP contribution in [-0.2, 0) is 6.54 Å². The number of benzene rings is 3. The first-order valence-corrected chi connectivity index (χ1v) is 9.10. The van der Waals surface area contributed by atoms with Gasteiger partial charge in [-0.05, 0) is 60.2 Å². The lowest BCUT2D eigenvalue weighted by atomic mass is 10.1. The topological polar surface area (TPSA) is 78.4 Å². The lowest BCUT2D eigenvalue weighted by molar-refractivity contribution is 0.0696. The molecule has 0 aliphatic rings. The number of carbonyl (C=O) groups is 2. The molecule has 0 fully saturated rings. The minimum Gasteiger partial charge on any atom is -0.478 e. The molecule has 3 aromatic carbocycles. The summed E-state index contributed by atoms with van der Waals surface area (Å²) >= 11 is 12.0. The molecular weight excluding hydrogens is 399 g/mol. The van der Waals surface area contributed by atoms with Crippen LogP contribution >= 0.6 is 23.2 Å². The van der Waals surface area contributed by atoms with Gasteiger partial charge in [0.25, 0.3) is 5.91 Å². The van der Waals surface area contributed by atoms with E-state index in [1.54, 1.807) is 30.3 Å². The van der Waals surface area contributed by atoms with Gasteiger partial charge in [-0.15, -0.1) is 0 Å². The number of halogens is 2. The number of rotatable bonds is 6. The van der Waals surface area contributed by atoms with E-state index < -0.39 is 5.97 Å². The minimum atomic E-state index is -1.03. The summed E-state index contributed by atoms with van der Waals surface area (Å²) in [4.78, 5) is 23.6. The summed E-state index contributed by atoms with van der Waals surface area (Å²) < 4.78 is 0. The van der Waals surface area contributed by atoms with Gasteiger partial charge in [0.05, 0.1) is 11.1 Å². The van der Waals surface area contributed by atoms with E-state index in [2.05, 4.69) is 10.6 Å². The Labute approximate surface area is 171 Å². The monoisotopic (exact) mass is 414 g/mol. The quantitative estimate of drug-likeness (QED) is 0.493. The highest BCUT2D eigenvalue weighted by molar-refractivity contribution is 6.31. The van der Waals surface area contributed by atoms with Crippen molar-refractivity contribution in [1.29, 1.82) is 0 Å². The molecule has 0 aliphatic carbocycles. The van der Waals surface area contributed by atoms with Crippen LogP contribution < -0.4 is 10.6 Å². The molecule has 0 unspecified atom stereocenters. The van der Waals surface area contributed by atoms with Gasteiger partial charge in [0.1, 0.15) is 0 Å².